The molecule has 1 amide bonds. The van der Waals surface area contributed by atoms with Crippen LogP contribution in [0.3, 0.4) is 0 Å². The van der Waals surface area contributed by atoms with Crippen molar-refractivity contribution in [2.75, 3.05) is 26.2 Å². The van der Waals surface area contributed by atoms with E-state index in [4.69, 9.17) is 4.74 Å². The third-order valence-electron chi connectivity index (χ3n) is 7.06. The summed E-state index contributed by atoms with van der Waals surface area (Å²) in [6, 6.07) is 21.8. The lowest BCUT2D eigenvalue weighted by atomic mass is 9.95. The lowest BCUT2D eigenvalue weighted by molar-refractivity contribution is -0.140. The zero-order valence-corrected chi connectivity index (χ0v) is 23.6. The van der Waals surface area contributed by atoms with Crippen molar-refractivity contribution in [1.82, 2.24) is 9.80 Å². The van der Waals surface area contributed by atoms with E-state index in [1.807, 2.05) is 55.5 Å². The van der Waals surface area contributed by atoms with Gasteiger partial charge in [0.05, 0.1) is 11.6 Å². The minimum Gasteiger partial charge on any atom is -0.507 e. The molecule has 0 saturated carbocycles. The number of likely N-dealkylation sites (N-methyl/N-ethyl adjacent to an activating group) is 1. The van der Waals surface area contributed by atoms with E-state index in [2.05, 4.69) is 34.7 Å². The lowest BCUT2D eigenvalue weighted by Gasteiger charge is -2.28. The molecule has 3 aromatic rings. The van der Waals surface area contributed by atoms with Crippen LogP contribution in [0.1, 0.15) is 42.1 Å². The zero-order chi connectivity index (χ0) is 27.2. The zero-order valence-electron chi connectivity index (χ0n) is 22.0. The fourth-order valence-corrected chi connectivity index (χ4v) is 4.95. The van der Waals surface area contributed by atoms with E-state index < -0.39 is 17.7 Å². The number of rotatable bonds is 10. The smallest absolute Gasteiger partial charge is 0.295 e. The molecule has 0 aliphatic carbocycles. The van der Waals surface area contributed by atoms with Crippen LogP contribution in [0.4, 0.5) is 0 Å². The van der Waals surface area contributed by atoms with Gasteiger partial charge in [-0.3, -0.25) is 9.59 Å². The number of hydrogen-bond acceptors (Lipinski definition) is 5. The highest BCUT2D eigenvalue weighted by molar-refractivity contribution is 9.10. The summed E-state index contributed by atoms with van der Waals surface area (Å²) in [6.07, 6.45) is 0. The van der Waals surface area contributed by atoms with Crippen LogP contribution in [-0.4, -0.2) is 52.8 Å². The van der Waals surface area contributed by atoms with Crippen molar-refractivity contribution in [3.05, 3.63) is 105 Å². The third-order valence-corrected chi connectivity index (χ3v) is 7.59. The number of ketones is 1. The van der Waals surface area contributed by atoms with Crippen LogP contribution in [0.25, 0.3) is 5.76 Å². The van der Waals surface area contributed by atoms with Crippen molar-refractivity contribution in [1.29, 1.82) is 0 Å². The molecule has 0 aromatic heterocycles. The monoisotopic (exact) mass is 576 g/mol. The number of likely N-dealkylation sites (tertiary alicyclic amines) is 1. The highest BCUT2D eigenvalue weighted by Crippen LogP contribution is 2.39. The molecule has 38 heavy (non-hydrogen) atoms. The Bertz CT molecular complexity index is 1310. The number of aliphatic hydroxyl groups is 1. The predicted molar refractivity (Wildman–Crippen MR) is 153 cm³/mol. The summed E-state index contributed by atoms with van der Waals surface area (Å²) in [7, 11) is 0. The fourth-order valence-electron chi connectivity index (χ4n) is 4.69. The summed E-state index contributed by atoms with van der Waals surface area (Å²) < 4.78 is 6.82. The molecule has 1 aliphatic rings. The molecule has 1 atom stereocenters. The molecule has 1 saturated heterocycles. The van der Waals surface area contributed by atoms with Gasteiger partial charge in [0.1, 0.15) is 18.1 Å². The summed E-state index contributed by atoms with van der Waals surface area (Å²) in [6.45, 7) is 9.33. The van der Waals surface area contributed by atoms with Gasteiger partial charge in [0.2, 0.25) is 0 Å². The van der Waals surface area contributed by atoms with Crippen LogP contribution in [0, 0.1) is 6.92 Å². The Hall–Kier alpha value is -3.42. The molecule has 4 rings (SSSR count). The molecule has 7 heteroatoms. The summed E-state index contributed by atoms with van der Waals surface area (Å²) >= 11 is 3.45. The van der Waals surface area contributed by atoms with Crippen molar-refractivity contribution in [3.8, 4) is 5.75 Å². The second kappa shape index (κ2) is 12.4. The van der Waals surface area contributed by atoms with Crippen molar-refractivity contribution in [2.45, 2.75) is 33.4 Å². The van der Waals surface area contributed by atoms with Crippen molar-refractivity contribution in [3.63, 3.8) is 0 Å². The Labute approximate surface area is 232 Å². The number of carbonyl (C=O) groups excluding carboxylic acids is 2. The van der Waals surface area contributed by atoms with Crippen LogP contribution in [-0.2, 0) is 16.2 Å². The molecule has 1 fully saturated rings. The van der Waals surface area contributed by atoms with E-state index in [-0.39, 0.29) is 11.3 Å². The van der Waals surface area contributed by atoms with Crippen molar-refractivity contribution in [2.24, 2.45) is 0 Å². The number of amides is 1. The van der Waals surface area contributed by atoms with Crippen molar-refractivity contribution >= 4 is 33.4 Å². The Morgan fingerprint density at radius 1 is 0.974 bits per heavy atom. The van der Waals surface area contributed by atoms with Crippen LogP contribution < -0.4 is 4.74 Å². The van der Waals surface area contributed by atoms with Gasteiger partial charge in [-0.2, -0.15) is 0 Å². The maximum Gasteiger partial charge on any atom is 0.295 e. The number of hydrogen-bond donors (Lipinski definition) is 1. The predicted octanol–water partition coefficient (Wildman–Crippen LogP) is 6.10. The van der Waals surface area contributed by atoms with Crippen LogP contribution >= 0.6 is 15.9 Å². The topological polar surface area (TPSA) is 70.1 Å². The standard InChI is InChI=1S/C31H33BrN2O4/c1-4-33(5-2)18-19-34-28(22-10-14-25(32)15-11-22)27(30(36)31(34)37)29(35)23-12-16-26(17-13-23)38-20-24-9-7-6-8-21(24)3/h6-17,28,35H,4-5,18-20H2,1-3H3. The molecule has 3 aromatic carbocycles. The SMILES string of the molecule is CCN(CC)CCN1C(=O)C(=O)C(=C(O)c2ccc(OCc3ccccc3C)cc2)C1c1ccc(Br)cc1. The van der Waals surface area contributed by atoms with Crippen molar-refractivity contribution < 1.29 is 19.4 Å². The largest absolute Gasteiger partial charge is 0.507 e. The molecule has 198 valence electrons. The minimum atomic E-state index is -0.671. The minimum absolute atomic E-state index is 0.102. The van der Waals surface area contributed by atoms with E-state index in [1.165, 1.54) is 0 Å². The summed E-state index contributed by atoms with van der Waals surface area (Å²) in [5.41, 5.74) is 3.58. The summed E-state index contributed by atoms with van der Waals surface area (Å²) in [5.74, 6) is -0.805. The number of aliphatic hydroxyl groups excluding tert-OH is 1. The van der Waals surface area contributed by atoms with Gasteiger partial charge in [-0.25, -0.2) is 0 Å². The van der Waals surface area contributed by atoms with Crippen LogP contribution in [0.2, 0.25) is 0 Å². The normalized spacial score (nSPS) is 16.9. The number of Topliss-reactive ketones (excluding diaryl/α,β-unsaturated/α-hetero) is 1. The maximum atomic E-state index is 13.3. The van der Waals surface area contributed by atoms with Gasteiger partial charge in [-0.05, 0) is 73.1 Å². The Balaban J connectivity index is 1.64. The molecular formula is C31H33BrN2O4. The first-order valence-electron chi connectivity index (χ1n) is 12.9. The Kier molecular flexibility index (Phi) is 9.02. The average molecular weight is 578 g/mol. The number of halogens is 1. The maximum absolute atomic E-state index is 13.3. The summed E-state index contributed by atoms with van der Waals surface area (Å²) in [5, 5.41) is 11.3. The van der Waals surface area contributed by atoms with E-state index in [1.54, 1.807) is 29.2 Å². The summed E-state index contributed by atoms with van der Waals surface area (Å²) in [4.78, 5) is 30.2. The quantitative estimate of drug-likeness (QED) is 0.179. The Morgan fingerprint density at radius 3 is 2.26 bits per heavy atom. The second-order valence-electron chi connectivity index (χ2n) is 9.31. The highest BCUT2D eigenvalue weighted by Gasteiger charge is 2.45. The Morgan fingerprint density at radius 2 is 1.63 bits per heavy atom. The van der Waals surface area contributed by atoms with Gasteiger partial charge in [0, 0.05) is 23.1 Å². The molecule has 0 spiro atoms. The molecule has 1 aliphatic heterocycles. The number of nitrogens with zero attached hydrogens (tertiary/aromatic N) is 2. The van der Waals surface area contributed by atoms with Gasteiger partial charge in [-0.15, -0.1) is 0 Å². The van der Waals surface area contributed by atoms with Gasteiger partial charge < -0.3 is 19.6 Å². The molecular weight excluding hydrogens is 544 g/mol. The van der Waals surface area contributed by atoms with Gasteiger partial charge >= 0.3 is 0 Å². The molecule has 0 bridgehead atoms. The average Bonchev–Trinajstić information content (AvgIpc) is 3.18. The molecule has 1 heterocycles. The first-order valence-corrected chi connectivity index (χ1v) is 13.7. The van der Waals surface area contributed by atoms with Gasteiger partial charge in [0.15, 0.2) is 0 Å². The number of aryl methyl sites for hydroxylation is 1. The van der Waals surface area contributed by atoms with Gasteiger partial charge in [0.25, 0.3) is 11.7 Å². The molecule has 6 nitrogen and oxygen atoms in total. The van der Waals surface area contributed by atoms with E-state index in [0.717, 1.165) is 34.3 Å². The number of carbonyl (C=O) groups is 2. The molecule has 1 unspecified atom stereocenters. The van der Waals surface area contributed by atoms with E-state index in [0.29, 0.717) is 31.0 Å². The first kappa shape index (κ1) is 27.6. The highest BCUT2D eigenvalue weighted by atomic mass is 79.9. The third kappa shape index (κ3) is 6.00. The van der Waals surface area contributed by atoms with E-state index in [9.17, 15) is 14.7 Å². The molecule has 0 radical (unpaired) electrons. The second-order valence-corrected chi connectivity index (χ2v) is 10.2. The molecule has 1 N–H and O–H groups in total. The van der Waals surface area contributed by atoms with Gasteiger partial charge in [-0.1, -0.05) is 66.2 Å². The number of benzene rings is 3. The fraction of sp³-hybridized carbons (Fsp3) is 0.290. The first-order chi connectivity index (χ1) is 18.3. The number of ether oxygens (including phenoxy) is 1. The van der Waals surface area contributed by atoms with Crippen LogP contribution in [0.15, 0.2) is 82.8 Å². The van der Waals surface area contributed by atoms with Crippen LogP contribution in [0.5, 0.6) is 5.75 Å². The lowest BCUT2D eigenvalue weighted by Crippen LogP contribution is -2.38. The van der Waals surface area contributed by atoms with E-state index >= 15 is 0 Å².